The van der Waals surface area contributed by atoms with Crippen molar-refractivity contribution in [1.29, 1.82) is 0 Å². The number of unbranched alkanes of at least 4 members (excludes halogenated alkanes) is 5. The Morgan fingerprint density at radius 3 is 2.71 bits per heavy atom. The summed E-state index contributed by atoms with van der Waals surface area (Å²) in [6.07, 6.45) is 7.20. The Morgan fingerprint density at radius 1 is 1.24 bits per heavy atom. The lowest BCUT2D eigenvalue weighted by Crippen LogP contribution is -2.32. The van der Waals surface area contributed by atoms with Gasteiger partial charge in [-0.2, -0.15) is 0 Å². The molecule has 2 atom stereocenters. The minimum Gasteiger partial charge on any atom is -0.389 e. The highest BCUT2D eigenvalue weighted by Crippen LogP contribution is 2.17. The maximum Gasteiger partial charge on any atom is 0.0897 e. The Labute approximate surface area is 133 Å². The molecule has 1 aromatic heterocycles. The molecule has 0 saturated heterocycles. The topological polar surface area (TPSA) is 41.5 Å². The molecule has 0 radical (unpaired) electrons. The minimum absolute atomic E-state index is 0.290. The van der Waals surface area contributed by atoms with Gasteiger partial charge in [0.2, 0.25) is 0 Å². The highest BCUT2D eigenvalue weighted by atomic mass is 32.1. The van der Waals surface area contributed by atoms with Crippen LogP contribution < -0.4 is 5.32 Å². The maximum absolute atomic E-state index is 9.88. The Hall–Kier alpha value is -0.420. The Balaban J connectivity index is 1.93. The lowest BCUT2D eigenvalue weighted by Gasteiger charge is -2.16. The highest BCUT2D eigenvalue weighted by Gasteiger charge is 2.09. The van der Waals surface area contributed by atoms with Crippen molar-refractivity contribution < 1.29 is 9.84 Å². The molecule has 1 aromatic rings. The average Bonchev–Trinajstić information content (AvgIpc) is 3.02. The molecule has 0 aromatic carbocycles. The number of rotatable bonds is 13. The third-order valence-electron chi connectivity index (χ3n) is 3.58. The van der Waals surface area contributed by atoms with Crippen molar-refractivity contribution in [1.82, 2.24) is 5.32 Å². The van der Waals surface area contributed by atoms with E-state index in [4.69, 9.17) is 4.74 Å². The van der Waals surface area contributed by atoms with Crippen LogP contribution in [0.4, 0.5) is 0 Å². The summed E-state index contributed by atoms with van der Waals surface area (Å²) in [5.41, 5.74) is 0. The molecule has 21 heavy (non-hydrogen) atoms. The van der Waals surface area contributed by atoms with E-state index in [-0.39, 0.29) is 0 Å². The molecule has 2 N–H and O–H groups in total. The second-order valence-electron chi connectivity index (χ2n) is 5.64. The van der Waals surface area contributed by atoms with Crippen molar-refractivity contribution in [2.75, 3.05) is 19.8 Å². The van der Waals surface area contributed by atoms with Gasteiger partial charge in [-0.05, 0) is 24.8 Å². The summed E-state index contributed by atoms with van der Waals surface area (Å²) in [6, 6.07) is 4.46. The van der Waals surface area contributed by atoms with Crippen LogP contribution in [0.5, 0.6) is 0 Å². The van der Waals surface area contributed by atoms with Gasteiger partial charge in [-0.1, -0.05) is 45.1 Å². The lowest BCUT2D eigenvalue weighted by atomic mass is 10.1. The molecule has 0 fully saturated rings. The van der Waals surface area contributed by atoms with Crippen LogP contribution in [0.15, 0.2) is 17.5 Å². The molecule has 0 spiro atoms. The molecule has 122 valence electrons. The van der Waals surface area contributed by atoms with E-state index in [0.29, 0.717) is 19.2 Å². The van der Waals surface area contributed by atoms with E-state index in [0.717, 1.165) is 13.0 Å². The van der Waals surface area contributed by atoms with Crippen molar-refractivity contribution in [3.63, 3.8) is 0 Å². The molecule has 0 saturated carbocycles. The predicted octanol–water partition coefficient (Wildman–Crippen LogP) is 4.14. The summed E-state index contributed by atoms with van der Waals surface area (Å²) in [4.78, 5) is 1.30. The molecule has 0 amide bonds. The van der Waals surface area contributed by atoms with E-state index in [2.05, 4.69) is 36.7 Å². The first kappa shape index (κ1) is 18.6. The van der Waals surface area contributed by atoms with Gasteiger partial charge in [-0.25, -0.2) is 0 Å². The molecule has 0 aliphatic rings. The van der Waals surface area contributed by atoms with Crippen LogP contribution >= 0.6 is 11.3 Å². The fraction of sp³-hybridized carbons (Fsp3) is 0.765. The molecule has 0 bridgehead atoms. The van der Waals surface area contributed by atoms with Crippen molar-refractivity contribution in [2.24, 2.45) is 0 Å². The SMILES string of the molecule is CCCCCCCCOCC(O)CNC(C)c1cccs1. The Morgan fingerprint density at radius 2 is 2.00 bits per heavy atom. The third-order valence-corrected chi connectivity index (χ3v) is 4.64. The van der Waals surface area contributed by atoms with Crippen molar-refractivity contribution in [3.05, 3.63) is 22.4 Å². The summed E-state index contributed by atoms with van der Waals surface area (Å²) in [5, 5.41) is 15.3. The fourth-order valence-electron chi connectivity index (χ4n) is 2.21. The largest absolute Gasteiger partial charge is 0.389 e. The standard InChI is InChI=1S/C17H31NO2S/c1-3-4-5-6-7-8-11-20-14-16(19)13-18-15(2)17-10-9-12-21-17/h9-10,12,15-16,18-19H,3-8,11,13-14H2,1-2H3. The number of nitrogens with one attached hydrogen (secondary N) is 1. The monoisotopic (exact) mass is 313 g/mol. The van der Waals surface area contributed by atoms with Gasteiger partial charge in [-0.15, -0.1) is 11.3 Å². The number of thiophene rings is 1. The van der Waals surface area contributed by atoms with Crippen molar-refractivity contribution in [2.45, 2.75) is 64.5 Å². The van der Waals surface area contributed by atoms with E-state index < -0.39 is 6.10 Å². The average molecular weight is 314 g/mol. The summed E-state index contributed by atoms with van der Waals surface area (Å²) < 4.78 is 5.54. The van der Waals surface area contributed by atoms with Gasteiger partial charge in [0.25, 0.3) is 0 Å². The molecule has 4 heteroatoms. The van der Waals surface area contributed by atoms with Crippen LogP contribution in [0.25, 0.3) is 0 Å². The molecule has 3 nitrogen and oxygen atoms in total. The van der Waals surface area contributed by atoms with Crippen molar-refractivity contribution >= 4 is 11.3 Å². The molecule has 0 aliphatic carbocycles. The summed E-state index contributed by atoms with van der Waals surface area (Å²) in [6.45, 7) is 6.13. The van der Waals surface area contributed by atoms with Crippen molar-refractivity contribution in [3.8, 4) is 0 Å². The molecule has 1 rings (SSSR count). The van der Waals surface area contributed by atoms with E-state index in [1.807, 2.05) is 0 Å². The first-order chi connectivity index (χ1) is 10.2. The highest BCUT2D eigenvalue weighted by molar-refractivity contribution is 7.10. The number of hydrogen-bond acceptors (Lipinski definition) is 4. The zero-order chi connectivity index (χ0) is 15.3. The first-order valence-corrected chi connectivity index (χ1v) is 9.14. The summed E-state index contributed by atoms with van der Waals surface area (Å²) in [7, 11) is 0. The third kappa shape index (κ3) is 9.25. The number of aliphatic hydroxyl groups excluding tert-OH is 1. The van der Waals surface area contributed by atoms with Crippen LogP contribution in [0, 0.1) is 0 Å². The van der Waals surface area contributed by atoms with Gasteiger partial charge in [0.1, 0.15) is 0 Å². The lowest BCUT2D eigenvalue weighted by molar-refractivity contribution is 0.0344. The molecule has 2 unspecified atom stereocenters. The first-order valence-electron chi connectivity index (χ1n) is 8.26. The number of hydrogen-bond donors (Lipinski definition) is 2. The van der Waals surface area contributed by atoms with Gasteiger partial charge in [-0.3, -0.25) is 0 Å². The van der Waals surface area contributed by atoms with Gasteiger partial charge >= 0.3 is 0 Å². The van der Waals surface area contributed by atoms with Crippen LogP contribution in [-0.2, 0) is 4.74 Å². The molecular weight excluding hydrogens is 282 g/mol. The summed E-state index contributed by atoms with van der Waals surface area (Å²) in [5.74, 6) is 0. The zero-order valence-electron chi connectivity index (χ0n) is 13.5. The Bertz CT molecular complexity index is 330. The second kappa shape index (κ2) is 12.2. The van der Waals surface area contributed by atoms with Crippen LogP contribution in [0.2, 0.25) is 0 Å². The number of aliphatic hydroxyl groups is 1. The fourth-order valence-corrected chi connectivity index (χ4v) is 2.97. The van der Waals surface area contributed by atoms with E-state index in [9.17, 15) is 5.11 Å². The molecular formula is C17H31NO2S. The quantitative estimate of drug-likeness (QED) is 0.538. The van der Waals surface area contributed by atoms with Crippen LogP contribution in [0.3, 0.4) is 0 Å². The second-order valence-corrected chi connectivity index (χ2v) is 6.62. The van der Waals surface area contributed by atoms with Gasteiger partial charge in [0.05, 0.1) is 12.7 Å². The smallest absolute Gasteiger partial charge is 0.0897 e. The molecule has 1 heterocycles. The van der Waals surface area contributed by atoms with E-state index in [1.54, 1.807) is 11.3 Å². The molecule has 0 aliphatic heterocycles. The van der Waals surface area contributed by atoms with Gasteiger partial charge in [0, 0.05) is 24.1 Å². The van der Waals surface area contributed by atoms with E-state index >= 15 is 0 Å². The van der Waals surface area contributed by atoms with Gasteiger partial charge in [0.15, 0.2) is 0 Å². The van der Waals surface area contributed by atoms with E-state index in [1.165, 1.54) is 37.0 Å². The maximum atomic E-state index is 9.88. The van der Waals surface area contributed by atoms with Crippen LogP contribution in [-0.4, -0.2) is 31.0 Å². The Kier molecular flexibility index (Phi) is 10.8. The predicted molar refractivity (Wildman–Crippen MR) is 90.9 cm³/mol. The minimum atomic E-state index is -0.424. The van der Waals surface area contributed by atoms with Crippen LogP contribution in [0.1, 0.15) is 63.3 Å². The number of ether oxygens (including phenoxy) is 1. The zero-order valence-corrected chi connectivity index (χ0v) is 14.3. The summed E-state index contributed by atoms with van der Waals surface area (Å²) >= 11 is 1.74. The normalized spacial score (nSPS) is 14.2. The van der Waals surface area contributed by atoms with Gasteiger partial charge < -0.3 is 15.2 Å².